The van der Waals surface area contributed by atoms with E-state index in [2.05, 4.69) is 6.58 Å². The van der Waals surface area contributed by atoms with Crippen LogP contribution in [0.3, 0.4) is 0 Å². The first-order chi connectivity index (χ1) is 7.27. The quantitative estimate of drug-likeness (QED) is 0.513. The number of rotatable bonds is 5. The van der Waals surface area contributed by atoms with Gasteiger partial charge in [-0.25, -0.2) is 0 Å². The molecule has 0 spiro atoms. The molecule has 0 aromatic rings. The van der Waals surface area contributed by atoms with Crippen molar-refractivity contribution in [1.82, 2.24) is 0 Å². The zero-order chi connectivity index (χ0) is 11.1. The third-order valence-corrected chi connectivity index (χ3v) is 3.05. The van der Waals surface area contributed by atoms with Crippen LogP contribution in [0, 0.1) is 5.92 Å². The number of carbonyl (C=O) groups excluding carboxylic acids is 1. The van der Waals surface area contributed by atoms with Crippen molar-refractivity contribution in [1.29, 1.82) is 0 Å². The molecule has 0 bridgehead atoms. The molecule has 2 atom stereocenters. The van der Waals surface area contributed by atoms with Gasteiger partial charge in [0.2, 0.25) is 0 Å². The van der Waals surface area contributed by atoms with Gasteiger partial charge in [-0.3, -0.25) is 4.79 Å². The van der Waals surface area contributed by atoms with Gasteiger partial charge in [-0.15, -0.1) is 6.58 Å². The molecule has 15 heavy (non-hydrogen) atoms. The molecule has 86 valence electrons. The molecule has 2 nitrogen and oxygen atoms in total. The van der Waals surface area contributed by atoms with E-state index in [0.29, 0.717) is 12.3 Å². The fourth-order valence-electron chi connectivity index (χ4n) is 2.24. The number of allylic oxidation sites excluding steroid dienone is 1. The number of esters is 1. The molecule has 0 N–H and O–H groups in total. The minimum atomic E-state index is -0.0292. The molecule has 0 radical (unpaired) electrons. The molecule has 1 aliphatic rings. The van der Waals surface area contributed by atoms with Crippen LogP contribution in [0.15, 0.2) is 12.7 Å². The lowest BCUT2D eigenvalue weighted by molar-refractivity contribution is -0.153. The summed E-state index contributed by atoms with van der Waals surface area (Å²) in [5.41, 5.74) is 0. The lowest BCUT2D eigenvalue weighted by Crippen LogP contribution is -2.29. The Bertz CT molecular complexity index is 211. The van der Waals surface area contributed by atoms with Crippen molar-refractivity contribution in [3.05, 3.63) is 12.7 Å². The minimum Gasteiger partial charge on any atom is -0.462 e. The summed E-state index contributed by atoms with van der Waals surface area (Å²) in [6, 6.07) is 0. The zero-order valence-electron chi connectivity index (χ0n) is 9.71. The van der Waals surface area contributed by atoms with Crippen molar-refractivity contribution in [3.8, 4) is 0 Å². The summed E-state index contributed by atoms with van der Waals surface area (Å²) < 4.78 is 5.51. The van der Waals surface area contributed by atoms with Gasteiger partial charge in [-0.2, -0.15) is 0 Å². The molecular weight excluding hydrogens is 188 g/mol. The van der Waals surface area contributed by atoms with E-state index in [1.165, 1.54) is 19.3 Å². The second kappa shape index (κ2) is 6.65. The van der Waals surface area contributed by atoms with Gasteiger partial charge in [0.15, 0.2) is 0 Å². The maximum absolute atomic E-state index is 11.4. The van der Waals surface area contributed by atoms with Crippen molar-refractivity contribution in [2.24, 2.45) is 5.92 Å². The number of hydrogen-bond donors (Lipinski definition) is 0. The topological polar surface area (TPSA) is 26.3 Å². The maximum Gasteiger partial charge on any atom is 0.306 e. The third-order valence-electron chi connectivity index (χ3n) is 3.05. The van der Waals surface area contributed by atoms with Crippen molar-refractivity contribution in [3.63, 3.8) is 0 Å². The first-order valence-corrected chi connectivity index (χ1v) is 6.08. The Morgan fingerprint density at radius 2 is 2.20 bits per heavy atom. The normalized spacial score (nSPS) is 25.9. The highest BCUT2D eigenvalue weighted by molar-refractivity contribution is 5.69. The van der Waals surface area contributed by atoms with Crippen molar-refractivity contribution < 1.29 is 9.53 Å². The van der Waals surface area contributed by atoms with Crippen LogP contribution < -0.4 is 0 Å². The average molecular weight is 210 g/mol. The van der Waals surface area contributed by atoms with Gasteiger partial charge in [0, 0.05) is 6.42 Å². The van der Waals surface area contributed by atoms with E-state index in [1.54, 1.807) is 0 Å². The fraction of sp³-hybridized carbons (Fsp3) is 0.769. The van der Waals surface area contributed by atoms with E-state index in [1.807, 2.05) is 13.0 Å². The van der Waals surface area contributed by atoms with Crippen LogP contribution >= 0.6 is 0 Å². The number of ether oxygens (including phenoxy) is 1. The Kier molecular flexibility index (Phi) is 5.44. The first-order valence-electron chi connectivity index (χ1n) is 6.08. The molecule has 0 amide bonds. The lowest BCUT2D eigenvalue weighted by Gasteiger charge is -2.30. The second-order valence-corrected chi connectivity index (χ2v) is 4.35. The standard InChI is InChI=1S/C13H22O2/c1-3-7-11-9-5-6-10-12(11)15-13(14)8-4-2/h3,11-12H,1,4-10H2,2H3. The van der Waals surface area contributed by atoms with Gasteiger partial charge in [0.25, 0.3) is 0 Å². The predicted molar refractivity (Wildman–Crippen MR) is 61.6 cm³/mol. The van der Waals surface area contributed by atoms with Crippen molar-refractivity contribution in [2.45, 2.75) is 58.0 Å². The Balaban J connectivity index is 2.41. The van der Waals surface area contributed by atoms with Gasteiger partial charge >= 0.3 is 5.97 Å². The summed E-state index contributed by atoms with van der Waals surface area (Å²) >= 11 is 0. The van der Waals surface area contributed by atoms with Crippen LogP contribution in [0.5, 0.6) is 0 Å². The molecule has 2 unspecified atom stereocenters. The summed E-state index contributed by atoms with van der Waals surface area (Å²) in [5.74, 6) is 0.482. The summed E-state index contributed by atoms with van der Waals surface area (Å²) in [6.45, 7) is 5.77. The van der Waals surface area contributed by atoms with Gasteiger partial charge in [-0.1, -0.05) is 19.4 Å². The predicted octanol–water partition coefficient (Wildman–Crippen LogP) is 3.46. The summed E-state index contributed by atoms with van der Waals surface area (Å²) in [5, 5.41) is 0. The highest BCUT2D eigenvalue weighted by Crippen LogP contribution is 2.29. The number of hydrogen-bond acceptors (Lipinski definition) is 2. The molecule has 1 saturated carbocycles. The average Bonchev–Trinajstić information content (AvgIpc) is 2.21. The minimum absolute atomic E-state index is 0.0292. The van der Waals surface area contributed by atoms with Crippen LogP contribution in [0.1, 0.15) is 51.9 Å². The Hall–Kier alpha value is -0.790. The summed E-state index contributed by atoms with van der Waals surface area (Å²) in [6.07, 6.45) is 9.16. The highest BCUT2D eigenvalue weighted by Gasteiger charge is 2.26. The summed E-state index contributed by atoms with van der Waals surface area (Å²) in [7, 11) is 0. The van der Waals surface area contributed by atoms with E-state index >= 15 is 0 Å². The maximum atomic E-state index is 11.4. The van der Waals surface area contributed by atoms with E-state index in [0.717, 1.165) is 19.3 Å². The van der Waals surface area contributed by atoms with Gasteiger partial charge in [0.05, 0.1) is 0 Å². The van der Waals surface area contributed by atoms with E-state index in [4.69, 9.17) is 4.74 Å². The van der Waals surface area contributed by atoms with Gasteiger partial charge in [-0.05, 0) is 38.0 Å². The van der Waals surface area contributed by atoms with Crippen LogP contribution in [0.25, 0.3) is 0 Å². The van der Waals surface area contributed by atoms with Crippen molar-refractivity contribution >= 4 is 5.97 Å². The third kappa shape index (κ3) is 4.06. The van der Waals surface area contributed by atoms with Crippen LogP contribution in [0.4, 0.5) is 0 Å². The molecule has 2 heteroatoms. The molecular formula is C13H22O2. The zero-order valence-corrected chi connectivity index (χ0v) is 9.71. The van der Waals surface area contributed by atoms with Crippen molar-refractivity contribution in [2.75, 3.05) is 0 Å². The van der Waals surface area contributed by atoms with Gasteiger partial charge in [0.1, 0.15) is 6.10 Å². The largest absolute Gasteiger partial charge is 0.462 e. The second-order valence-electron chi connectivity index (χ2n) is 4.35. The summed E-state index contributed by atoms with van der Waals surface area (Å²) in [4.78, 5) is 11.4. The smallest absolute Gasteiger partial charge is 0.306 e. The monoisotopic (exact) mass is 210 g/mol. The highest BCUT2D eigenvalue weighted by atomic mass is 16.5. The molecule has 1 aliphatic carbocycles. The van der Waals surface area contributed by atoms with E-state index < -0.39 is 0 Å². The van der Waals surface area contributed by atoms with E-state index in [-0.39, 0.29) is 12.1 Å². The Morgan fingerprint density at radius 1 is 1.47 bits per heavy atom. The molecule has 0 aliphatic heterocycles. The SMILES string of the molecule is C=CCC1CCCCC1OC(=O)CCC. The van der Waals surface area contributed by atoms with Crippen LogP contribution in [-0.4, -0.2) is 12.1 Å². The van der Waals surface area contributed by atoms with Gasteiger partial charge < -0.3 is 4.74 Å². The molecule has 0 saturated heterocycles. The van der Waals surface area contributed by atoms with E-state index in [9.17, 15) is 4.79 Å². The Labute approximate surface area is 92.7 Å². The molecule has 0 heterocycles. The molecule has 1 rings (SSSR count). The Morgan fingerprint density at radius 3 is 2.87 bits per heavy atom. The molecule has 0 aromatic carbocycles. The van der Waals surface area contributed by atoms with Crippen LogP contribution in [-0.2, 0) is 9.53 Å². The lowest BCUT2D eigenvalue weighted by atomic mass is 9.84. The molecule has 0 aromatic heterocycles. The number of carbonyl (C=O) groups is 1. The molecule has 1 fully saturated rings. The van der Waals surface area contributed by atoms with Crippen LogP contribution in [0.2, 0.25) is 0 Å². The first kappa shape index (κ1) is 12.3. The fourth-order valence-corrected chi connectivity index (χ4v) is 2.24.